The van der Waals surface area contributed by atoms with E-state index in [2.05, 4.69) is 34.6 Å². The molecule has 0 aliphatic carbocycles. The van der Waals surface area contributed by atoms with E-state index in [9.17, 15) is 9.59 Å². The van der Waals surface area contributed by atoms with Crippen LogP contribution in [0.25, 0.3) is 0 Å². The van der Waals surface area contributed by atoms with Crippen LogP contribution in [0.1, 0.15) is 163 Å². The molecule has 0 aromatic heterocycles. The molecule has 0 aromatic carbocycles. The summed E-state index contributed by atoms with van der Waals surface area (Å²) in [5, 5.41) is 0. The molecule has 0 aromatic rings. The number of hydrogen-bond acceptors (Lipinski definition) is 4. The monoisotopic (exact) mass is 510 g/mol. The molecular formula is C32H62O4. The fourth-order valence-corrected chi connectivity index (χ4v) is 4.64. The van der Waals surface area contributed by atoms with Gasteiger partial charge in [-0.15, -0.1) is 0 Å². The minimum atomic E-state index is -0.0148. The summed E-state index contributed by atoms with van der Waals surface area (Å²) in [7, 11) is 0. The number of ether oxygens (including phenoxy) is 2. The lowest BCUT2D eigenvalue weighted by Gasteiger charge is -2.14. The molecule has 1 atom stereocenters. The maximum Gasteiger partial charge on any atom is 0.306 e. The lowest BCUT2D eigenvalue weighted by atomic mass is 9.95. The van der Waals surface area contributed by atoms with Gasteiger partial charge in [0.15, 0.2) is 0 Å². The van der Waals surface area contributed by atoms with E-state index in [-0.39, 0.29) is 11.9 Å². The van der Waals surface area contributed by atoms with Crippen molar-refractivity contribution in [1.29, 1.82) is 0 Å². The number of unbranched alkanes of at least 4 members (excludes halogenated alkanes) is 11. The van der Waals surface area contributed by atoms with Gasteiger partial charge in [-0.25, -0.2) is 0 Å². The Balaban J connectivity index is 3.41. The van der Waals surface area contributed by atoms with Crippen molar-refractivity contribution < 1.29 is 19.1 Å². The van der Waals surface area contributed by atoms with Crippen molar-refractivity contribution in [2.75, 3.05) is 13.2 Å². The predicted octanol–water partition coefficient (Wildman–Crippen LogP) is 9.82. The molecule has 4 nitrogen and oxygen atoms in total. The number of carbonyl (C=O) groups excluding carboxylic acids is 2. The molecule has 36 heavy (non-hydrogen) atoms. The standard InChI is InChI=1S/C32H62O4/c1-6-30(27-32(34)36-26-20-22-29(4)5)23-17-15-13-11-9-7-8-10-12-14-16-18-24-31(33)35-25-19-21-28(2)3/h28-30H,6-27H2,1-5H3. The Labute approximate surface area is 225 Å². The minimum absolute atomic E-state index is 0.000585. The normalized spacial score (nSPS) is 12.3. The topological polar surface area (TPSA) is 52.6 Å². The van der Waals surface area contributed by atoms with Crippen molar-refractivity contribution in [2.45, 2.75) is 163 Å². The fourth-order valence-electron chi connectivity index (χ4n) is 4.64. The first kappa shape index (κ1) is 34.9. The minimum Gasteiger partial charge on any atom is -0.466 e. The van der Waals surface area contributed by atoms with Crippen LogP contribution in [-0.2, 0) is 19.1 Å². The Hall–Kier alpha value is -1.06. The summed E-state index contributed by atoms with van der Waals surface area (Å²) in [6, 6.07) is 0. The number of hydrogen-bond donors (Lipinski definition) is 0. The molecule has 0 radical (unpaired) electrons. The summed E-state index contributed by atoms with van der Waals surface area (Å²) in [5.74, 6) is 1.83. The number of rotatable bonds is 26. The van der Waals surface area contributed by atoms with E-state index >= 15 is 0 Å². The van der Waals surface area contributed by atoms with Crippen molar-refractivity contribution >= 4 is 11.9 Å². The van der Waals surface area contributed by atoms with E-state index in [4.69, 9.17) is 9.47 Å². The number of esters is 2. The third-order valence-electron chi connectivity index (χ3n) is 7.15. The summed E-state index contributed by atoms with van der Waals surface area (Å²) in [5.41, 5.74) is 0. The molecule has 0 heterocycles. The van der Waals surface area contributed by atoms with Crippen molar-refractivity contribution in [3.05, 3.63) is 0 Å². The summed E-state index contributed by atoms with van der Waals surface area (Å²) in [4.78, 5) is 23.7. The van der Waals surface area contributed by atoms with Gasteiger partial charge in [-0.3, -0.25) is 9.59 Å². The summed E-state index contributed by atoms with van der Waals surface area (Å²) < 4.78 is 10.7. The maximum absolute atomic E-state index is 12.0. The van der Waals surface area contributed by atoms with E-state index in [1.54, 1.807) is 0 Å². The van der Waals surface area contributed by atoms with Gasteiger partial charge in [-0.2, -0.15) is 0 Å². The molecular weight excluding hydrogens is 448 g/mol. The molecule has 0 bridgehead atoms. The molecule has 0 aliphatic rings. The van der Waals surface area contributed by atoms with Gasteiger partial charge in [0.2, 0.25) is 0 Å². The van der Waals surface area contributed by atoms with Gasteiger partial charge in [-0.1, -0.05) is 112 Å². The highest BCUT2D eigenvalue weighted by molar-refractivity contribution is 5.69. The van der Waals surface area contributed by atoms with E-state index in [0.29, 0.717) is 43.8 Å². The van der Waals surface area contributed by atoms with Gasteiger partial charge in [0, 0.05) is 12.8 Å². The van der Waals surface area contributed by atoms with Crippen LogP contribution < -0.4 is 0 Å². The zero-order valence-corrected chi connectivity index (χ0v) is 24.9. The van der Waals surface area contributed by atoms with Crippen molar-refractivity contribution in [3.63, 3.8) is 0 Å². The molecule has 0 N–H and O–H groups in total. The molecule has 0 saturated carbocycles. The smallest absolute Gasteiger partial charge is 0.306 e. The first-order chi connectivity index (χ1) is 17.3. The molecule has 0 fully saturated rings. The summed E-state index contributed by atoms with van der Waals surface area (Å²) in [6.07, 6.45) is 22.9. The second-order valence-electron chi connectivity index (χ2n) is 11.8. The molecule has 0 aliphatic heterocycles. The number of carbonyl (C=O) groups is 2. The van der Waals surface area contributed by atoms with Crippen molar-refractivity contribution in [2.24, 2.45) is 17.8 Å². The molecule has 0 rings (SSSR count). The second-order valence-corrected chi connectivity index (χ2v) is 11.8. The highest BCUT2D eigenvalue weighted by Gasteiger charge is 2.13. The van der Waals surface area contributed by atoms with E-state index in [1.807, 2.05) is 0 Å². The van der Waals surface area contributed by atoms with Gasteiger partial charge < -0.3 is 9.47 Å². The molecule has 0 amide bonds. The summed E-state index contributed by atoms with van der Waals surface area (Å²) >= 11 is 0. The fraction of sp³-hybridized carbons (Fsp3) is 0.938. The Morgan fingerprint density at radius 2 is 0.944 bits per heavy atom. The van der Waals surface area contributed by atoms with Crippen molar-refractivity contribution in [3.8, 4) is 0 Å². The van der Waals surface area contributed by atoms with Gasteiger partial charge >= 0.3 is 11.9 Å². The van der Waals surface area contributed by atoms with Crippen LogP contribution in [0.5, 0.6) is 0 Å². The van der Waals surface area contributed by atoms with Crippen LogP contribution in [0, 0.1) is 17.8 Å². The third-order valence-corrected chi connectivity index (χ3v) is 7.15. The zero-order chi connectivity index (χ0) is 26.9. The molecule has 0 spiro atoms. The van der Waals surface area contributed by atoms with Gasteiger partial charge in [0.1, 0.15) is 0 Å². The van der Waals surface area contributed by atoms with E-state index in [0.717, 1.165) is 51.4 Å². The first-order valence-electron chi connectivity index (χ1n) is 15.7. The van der Waals surface area contributed by atoms with Crippen LogP contribution in [0.2, 0.25) is 0 Å². The largest absolute Gasteiger partial charge is 0.466 e. The first-order valence-corrected chi connectivity index (χ1v) is 15.7. The molecule has 1 unspecified atom stereocenters. The second kappa shape index (κ2) is 25.6. The lowest BCUT2D eigenvalue weighted by Crippen LogP contribution is -2.12. The van der Waals surface area contributed by atoms with Crippen LogP contribution in [0.4, 0.5) is 0 Å². The van der Waals surface area contributed by atoms with Crippen molar-refractivity contribution in [1.82, 2.24) is 0 Å². The zero-order valence-electron chi connectivity index (χ0n) is 24.9. The Bertz CT molecular complexity index is 500. The molecule has 0 saturated heterocycles. The van der Waals surface area contributed by atoms with E-state index < -0.39 is 0 Å². The molecule has 214 valence electrons. The predicted molar refractivity (Wildman–Crippen MR) is 153 cm³/mol. The quantitative estimate of drug-likeness (QED) is 0.0858. The average molecular weight is 511 g/mol. The van der Waals surface area contributed by atoms with Crippen LogP contribution in [0.15, 0.2) is 0 Å². The van der Waals surface area contributed by atoms with Gasteiger partial charge in [-0.05, 0) is 56.3 Å². The third kappa shape index (κ3) is 26.0. The van der Waals surface area contributed by atoms with Crippen LogP contribution >= 0.6 is 0 Å². The highest BCUT2D eigenvalue weighted by Crippen LogP contribution is 2.20. The Morgan fingerprint density at radius 3 is 1.39 bits per heavy atom. The summed E-state index contributed by atoms with van der Waals surface area (Å²) in [6.45, 7) is 12.2. The average Bonchev–Trinajstić information content (AvgIpc) is 2.83. The molecule has 4 heteroatoms. The Kier molecular flexibility index (Phi) is 24.8. The van der Waals surface area contributed by atoms with Gasteiger partial charge in [0.05, 0.1) is 13.2 Å². The van der Waals surface area contributed by atoms with Crippen LogP contribution in [-0.4, -0.2) is 25.2 Å². The van der Waals surface area contributed by atoms with E-state index in [1.165, 1.54) is 64.2 Å². The highest BCUT2D eigenvalue weighted by atomic mass is 16.5. The Morgan fingerprint density at radius 1 is 0.528 bits per heavy atom. The SMILES string of the molecule is CCC(CCCCCCCCCCCCCCC(=O)OCCCC(C)C)CC(=O)OCCCC(C)C. The lowest BCUT2D eigenvalue weighted by molar-refractivity contribution is -0.145. The van der Waals surface area contributed by atoms with Gasteiger partial charge in [0.25, 0.3) is 0 Å². The van der Waals surface area contributed by atoms with Crippen LogP contribution in [0.3, 0.4) is 0 Å². The maximum atomic E-state index is 12.0.